The van der Waals surface area contributed by atoms with Gasteiger partial charge in [-0.05, 0) is 42.9 Å². The molecule has 154 valence electrons. The number of fused-ring (bicyclic) bond motifs is 5. The molecule has 5 rings (SSSR count). The van der Waals surface area contributed by atoms with Gasteiger partial charge >= 0.3 is 0 Å². The summed E-state index contributed by atoms with van der Waals surface area (Å²) < 4.78 is 34.0. The number of hydrogen-bond donors (Lipinski definition) is 1. The molecule has 0 spiro atoms. The molecule has 4 heterocycles. The lowest BCUT2D eigenvalue weighted by molar-refractivity contribution is 0.0767. The Morgan fingerprint density at radius 1 is 1.24 bits per heavy atom. The Labute approximate surface area is 173 Å². The van der Waals surface area contributed by atoms with Crippen LogP contribution >= 0.6 is 11.6 Å². The smallest absolute Gasteiger partial charge is 0.273 e. The minimum Gasteiger partial charge on any atom is -0.495 e. The van der Waals surface area contributed by atoms with Gasteiger partial charge in [-0.1, -0.05) is 16.8 Å². The number of carbonyl (C=O) groups is 1. The Bertz CT molecular complexity index is 1040. The van der Waals surface area contributed by atoms with Crippen LogP contribution in [0.15, 0.2) is 29.3 Å². The number of aromatic amines is 1. The van der Waals surface area contributed by atoms with Crippen LogP contribution < -0.4 is 4.74 Å². The fourth-order valence-electron chi connectivity index (χ4n) is 5.28. The van der Waals surface area contributed by atoms with E-state index in [-0.39, 0.29) is 40.5 Å². The van der Waals surface area contributed by atoms with Crippen LogP contribution in [-0.2, 0) is 10.0 Å². The van der Waals surface area contributed by atoms with Gasteiger partial charge in [0.15, 0.2) is 0 Å². The van der Waals surface area contributed by atoms with E-state index >= 15 is 0 Å². The van der Waals surface area contributed by atoms with Crippen LogP contribution in [0.3, 0.4) is 0 Å². The van der Waals surface area contributed by atoms with Crippen molar-refractivity contribution in [1.82, 2.24) is 24.6 Å². The molecule has 0 saturated carbocycles. The molecule has 1 N–H and O–H groups in total. The van der Waals surface area contributed by atoms with E-state index in [2.05, 4.69) is 15.4 Å². The lowest BCUT2D eigenvalue weighted by Gasteiger charge is -2.27. The number of aromatic nitrogens is 3. The van der Waals surface area contributed by atoms with Crippen LogP contribution in [-0.4, -0.2) is 71.2 Å². The highest BCUT2D eigenvalue weighted by Gasteiger charge is 2.61. The number of sulfonamides is 1. The van der Waals surface area contributed by atoms with Crippen LogP contribution in [0, 0.1) is 11.8 Å². The van der Waals surface area contributed by atoms with E-state index in [1.54, 1.807) is 21.3 Å². The molecule has 0 aliphatic carbocycles. The van der Waals surface area contributed by atoms with Gasteiger partial charge < -0.3 is 9.64 Å². The lowest BCUT2D eigenvalue weighted by Crippen LogP contribution is -2.41. The van der Waals surface area contributed by atoms with Gasteiger partial charge in [0.1, 0.15) is 16.3 Å². The fourth-order valence-corrected chi connectivity index (χ4v) is 7.66. The van der Waals surface area contributed by atoms with Gasteiger partial charge in [0.2, 0.25) is 10.0 Å². The first-order chi connectivity index (χ1) is 13.9. The summed E-state index contributed by atoms with van der Waals surface area (Å²) in [5.41, 5.74) is 0.352. The minimum absolute atomic E-state index is 0.0980. The predicted octanol–water partition coefficient (Wildman–Crippen LogP) is 1.39. The highest BCUT2D eigenvalue weighted by atomic mass is 35.5. The number of nitrogens with one attached hydrogen (secondary N) is 1. The summed E-state index contributed by atoms with van der Waals surface area (Å²) in [6, 6.07) is 4.38. The third-order valence-electron chi connectivity index (χ3n) is 6.43. The van der Waals surface area contributed by atoms with Crippen molar-refractivity contribution in [3.05, 3.63) is 35.1 Å². The van der Waals surface area contributed by atoms with Gasteiger partial charge in [0, 0.05) is 30.2 Å². The van der Waals surface area contributed by atoms with Crippen LogP contribution in [0.1, 0.15) is 23.3 Å². The molecule has 4 atom stereocenters. The van der Waals surface area contributed by atoms with E-state index in [0.29, 0.717) is 23.8 Å². The molecule has 2 bridgehead atoms. The highest BCUT2D eigenvalue weighted by molar-refractivity contribution is 7.89. The minimum atomic E-state index is -3.77. The van der Waals surface area contributed by atoms with Crippen molar-refractivity contribution >= 4 is 27.5 Å². The number of ether oxygens (including phenoxy) is 1. The average molecular weight is 438 g/mol. The molecule has 2 aromatic rings. The number of nitrogens with zero attached hydrogens (tertiary/aromatic N) is 4. The van der Waals surface area contributed by atoms with Crippen LogP contribution in [0.25, 0.3) is 0 Å². The summed E-state index contributed by atoms with van der Waals surface area (Å²) in [7, 11) is -2.32. The van der Waals surface area contributed by atoms with Crippen LogP contribution in [0.4, 0.5) is 0 Å². The zero-order valence-corrected chi connectivity index (χ0v) is 17.2. The summed E-state index contributed by atoms with van der Waals surface area (Å²) in [5.74, 6) is 0.381. The second-order valence-electron chi connectivity index (χ2n) is 7.75. The molecule has 1 aromatic heterocycles. The molecule has 9 nitrogen and oxygen atoms in total. The molecule has 1 amide bonds. The SMILES string of the molecule is COc1ccc(Cl)cc1S(=O)(=O)N1[C@@H]2CC[C@H]1[C@@H]1CN(C(=O)c3cnn[nH]3)C[C@@H]12. The van der Waals surface area contributed by atoms with Gasteiger partial charge in [0.05, 0.1) is 13.3 Å². The average Bonchev–Trinajstić information content (AvgIpc) is 3.48. The van der Waals surface area contributed by atoms with Crippen molar-refractivity contribution in [1.29, 1.82) is 0 Å². The standard InChI is InChI=1S/C18H20ClN5O4S/c1-28-16-5-2-10(19)6-17(16)29(26,27)24-14-3-4-15(24)12-9-23(8-11(12)14)18(25)13-7-20-22-21-13/h2,5-7,11-12,14-15H,3-4,8-9H2,1H3,(H,20,21,22)/t11-,12+,14+,15-. The van der Waals surface area contributed by atoms with Crippen molar-refractivity contribution in [3.8, 4) is 5.75 Å². The summed E-state index contributed by atoms with van der Waals surface area (Å²) in [5, 5.41) is 10.2. The number of likely N-dealkylation sites (tertiary alicyclic amines) is 1. The Hall–Kier alpha value is -2.17. The number of methoxy groups -OCH3 is 1. The number of hydrogen-bond acceptors (Lipinski definition) is 6. The molecule has 1 aromatic carbocycles. The zero-order valence-electron chi connectivity index (χ0n) is 15.7. The Morgan fingerprint density at radius 2 is 1.93 bits per heavy atom. The third-order valence-corrected chi connectivity index (χ3v) is 8.63. The van der Waals surface area contributed by atoms with Crippen molar-refractivity contribution in [2.75, 3.05) is 20.2 Å². The number of amides is 1. The fraction of sp³-hybridized carbons (Fsp3) is 0.500. The molecule has 0 unspecified atom stereocenters. The first-order valence-electron chi connectivity index (χ1n) is 9.44. The van der Waals surface area contributed by atoms with Gasteiger partial charge in [-0.15, -0.1) is 5.10 Å². The summed E-state index contributed by atoms with van der Waals surface area (Å²) in [6.07, 6.45) is 3.00. The first kappa shape index (κ1) is 18.8. The van der Waals surface area contributed by atoms with E-state index in [1.165, 1.54) is 19.4 Å². The topological polar surface area (TPSA) is 108 Å². The Kier molecular flexibility index (Phi) is 4.34. The second-order valence-corrected chi connectivity index (χ2v) is 10.00. The van der Waals surface area contributed by atoms with E-state index in [9.17, 15) is 13.2 Å². The number of carbonyl (C=O) groups excluding carboxylic acids is 1. The number of halogens is 1. The molecule has 0 radical (unpaired) electrons. The molecule has 11 heteroatoms. The molecule has 3 aliphatic heterocycles. The Morgan fingerprint density at radius 3 is 2.52 bits per heavy atom. The maximum atomic E-state index is 13.5. The second kappa shape index (κ2) is 6.68. The zero-order chi connectivity index (χ0) is 20.3. The van der Waals surface area contributed by atoms with Gasteiger partial charge in [0.25, 0.3) is 5.91 Å². The van der Waals surface area contributed by atoms with E-state index in [0.717, 1.165) is 12.8 Å². The van der Waals surface area contributed by atoms with Crippen molar-refractivity contribution in [3.63, 3.8) is 0 Å². The maximum Gasteiger partial charge on any atom is 0.273 e. The number of rotatable bonds is 4. The maximum absolute atomic E-state index is 13.5. The summed E-state index contributed by atoms with van der Waals surface area (Å²) >= 11 is 6.08. The third kappa shape index (κ3) is 2.77. The van der Waals surface area contributed by atoms with E-state index in [1.807, 2.05) is 0 Å². The predicted molar refractivity (Wildman–Crippen MR) is 103 cm³/mol. The number of benzene rings is 1. The normalized spacial score (nSPS) is 28.7. The van der Waals surface area contributed by atoms with E-state index in [4.69, 9.17) is 16.3 Å². The largest absolute Gasteiger partial charge is 0.495 e. The molecular formula is C18H20ClN5O4S. The van der Waals surface area contributed by atoms with Gasteiger partial charge in [-0.25, -0.2) is 8.42 Å². The van der Waals surface area contributed by atoms with E-state index < -0.39 is 10.0 Å². The first-order valence-corrected chi connectivity index (χ1v) is 11.3. The molecule has 29 heavy (non-hydrogen) atoms. The van der Waals surface area contributed by atoms with Gasteiger partial charge in [-0.2, -0.15) is 4.31 Å². The Balaban J connectivity index is 1.43. The van der Waals surface area contributed by atoms with Crippen molar-refractivity contribution < 1.29 is 17.9 Å². The summed E-state index contributed by atoms with van der Waals surface area (Å²) in [4.78, 5) is 14.5. The molecule has 3 fully saturated rings. The van der Waals surface area contributed by atoms with Crippen LogP contribution in [0.5, 0.6) is 5.75 Å². The summed E-state index contributed by atoms with van der Waals surface area (Å²) in [6.45, 7) is 1.06. The van der Waals surface area contributed by atoms with Crippen LogP contribution in [0.2, 0.25) is 5.02 Å². The lowest BCUT2D eigenvalue weighted by atomic mass is 9.82. The van der Waals surface area contributed by atoms with Gasteiger partial charge in [-0.3, -0.25) is 9.89 Å². The molecular weight excluding hydrogens is 418 g/mol. The molecule has 3 aliphatic rings. The number of H-pyrrole nitrogens is 1. The van der Waals surface area contributed by atoms with Crippen molar-refractivity contribution in [2.45, 2.75) is 29.8 Å². The molecule has 3 saturated heterocycles. The monoisotopic (exact) mass is 437 g/mol. The quantitative estimate of drug-likeness (QED) is 0.774. The highest BCUT2D eigenvalue weighted by Crippen LogP contribution is 2.52. The van der Waals surface area contributed by atoms with Crippen molar-refractivity contribution in [2.24, 2.45) is 11.8 Å².